The molecule has 2 aromatic carbocycles. The number of fused-ring (bicyclic) bond motifs is 1. The van der Waals surface area contributed by atoms with Crippen LogP contribution >= 0.6 is 0 Å². The van der Waals surface area contributed by atoms with Gasteiger partial charge in [-0.1, -0.05) is 24.3 Å². The van der Waals surface area contributed by atoms with Gasteiger partial charge in [-0.25, -0.2) is 10.2 Å². The Balaban J connectivity index is 1.51. The van der Waals surface area contributed by atoms with Crippen LogP contribution in [0.5, 0.6) is 0 Å². The van der Waals surface area contributed by atoms with Gasteiger partial charge in [0.05, 0.1) is 17.5 Å². The van der Waals surface area contributed by atoms with Crippen molar-refractivity contribution in [3.8, 4) is 5.69 Å². The predicted octanol–water partition coefficient (Wildman–Crippen LogP) is 3.69. The smallest absolute Gasteiger partial charge is 0.335 e. The molecule has 0 aliphatic heterocycles. The quantitative estimate of drug-likeness (QED) is 0.412. The van der Waals surface area contributed by atoms with Gasteiger partial charge in [0.15, 0.2) is 5.76 Å². The van der Waals surface area contributed by atoms with Crippen LogP contribution < -0.4 is 5.43 Å². The minimum Gasteiger partial charge on any atom is -0.478 e. The molecule has 2 aromatic heterocycles. The first kappa shape index (κ1) is 17.3. The number of nitrogens with zero attached hydrogens (tertiary/aromatic N) is 2. The van der Waals surface area contributed by atoms with Crippen molar-refractivity contribution >= 4 is 29.1 Å². The maximum absolute atomic E-state index is 12.2. The topological polar surface area (TPSA) is 96.8 Å². The van der Waals surface area contributed by atoms with Gasteiger partial charge in [-0.2, -0.15) is 5.10 Å². The Morgan fingerprint density at radius 3 is 2.71 bits per heavy atom. The second-order valence-electron chi connectivity index (χ2n) is 6.01. The molecule has 0 unspecified atom stereocenters. The van der Waals surface area contributed by atoms with E-state index in [2.05, 4.69) is 10.5 Å². The van der Waals surface area contributed by atoms with E-state index in [0.717, 1.165) is 5.39 Å². The Morgan fingerprint density at radius 2 is 1.89 bits per heavy atom. The van der Waals surface area contributed by atoms with Crippen LogP contribution in [0.3, 0.4) is 0 Å². The SMILES string of the molecule is O=C(O)c1cccc(-n2cccc2/C=N/NC(=O)c2cc3ccccc3o2)c1. The Bertz CT molecular complexity index is 1170. The van der Waals surface area contributed by atoms with Crippen molar-refractivity contribution in [3.05, 3.63) is 89.9 Å². The molecular formula is C21H15N3O4. The molecule has 2 heterocycles. The maximum Gasteiger partial charge on any atom is 0.335 e. The van der Waals surface area contributed by atoms with Crippen molar-refractivity contribution < 1.29 is 19.1 Å². The number of hydrogen-bond donors (Lipinski definition) is 2. The van der Waals surface area contributed by atoms with Crippen LogP contribution in [0.1, 0.15) is 26.6 Å². The molecule has 0 saturated carbocycles. The van der Waals surface area contributed by atoms with Gasteiger partial charge in [0.2, 0.25) is 0 Å². The van der Waals surface area contributed by atoms with Gasteiger partial charge in [-0.3, -0.25) is 4.79 Å². The minimum atomic E-state index is -0.998. The summed E-state index contributed by atoms with van der Waals surface area (Å²) in [6.07, 6.45) is 3.26. The summed E-state index contributed by atoms with van der Waals surface area (Å²) >= 11 is 0. The molecule has 0 saturated heterocycles. The average molecular weight is 373 g/mol. The molecule has 7 nitrogen and oxygen atoms in total. The number of aromatic carboxylic acids is 1. The molecule has 138 valence electrons. The number of carboxylic acid groups (broad SMARTS) is 1. The number of carbonyl (C=O) groups excluding carboxylic acids is 1. The lowest BCUT2D eigenvalue weighted by Crippen LogP contribution is -2.17. The van der Waals surface area contributed by atoms with Crippen LogP contribution in [0.15, 0.2) is 82.4 Å². The molecule has 1 amide bonds. The van der Waals surface area contributed by atoms with E-state index in [1.165, 1.54) is 12.3 Å². The van der Waals surface area contributed by atoms with Crippen LogP contribution in [-0.4, -0.2) is 27.8 Å². The summed E-state index contributed by atoms with van der Waals surface area (Å²) in [6.45, 7) is 0. The highest BCUT2D eigenvalue weighted by Gasteiger charge is 2.11. The molecule has 2 N–H and O–H groups in total. The first-order valence-corrected chi connectivity index (χ1v) is 8.45. The van der Waals surface area contributed by atoms with Crippen molar-refractivity contribution in [2.75, 3.05) is 0 Å². The van der Waals surface area contributed by atoms with Crippen molar-refractivity contribution in [1.82, 2.24) is 9.99 Å². The van der Waals surface area contributed by atoms with E-state index in [4.69, 9.17) is 9.52 Å². The van der Waals surface area contributed by atoms with E-state index in [1.807, 2.05) is 18.2 Å². The van der Waals surface area contributed by atoms with Crippen LogP contribution in [0, 0.1) is 0 Å². The van der Waals surface area contributed by atoms with Gasteiger partial charge in [0, 0.05) is 17.3 Å². The molecule has 4 rings (SSSR count). The highest BCUT2D eigenvalue weighted by atomic mass is 16.4. The second-order valence-corrected chi connectivity index (χ2v) is 6.01. The van der Waals surface area contributed by atoms with E-state index < -0.39 is 11.9 Å². The fourth-order valence-electron chi connectivity index (χ4n) is 2.83. The summed E-state index contributed by atoms with van der Waals surface area (Å²) in [5, 5.41) is 14.0. The fraction of sp³-hybridized carbons (Fsp3) is 0. The third kappa shape index (κ3) is 3.41. The first-order valence-electron chi connectivity index (χ1n) is 8.45. The number of furan rings is 1. The first-order chi connectivity index (χ1) is 13.6. The molecule has 0 fully saturated rings. The van der Waals surface area contributed by atoms with Gasteiger partial charge in [-0.15, -0.1) is 0 Å². The molecule has 0 atom stereocenters. The molecule has 0 aliphatic rings. The summed E-state index contributed by atoms with van der Waals surface area (Å²) in [5.41, 5.74) is 4.60. The summed E-state index contributed by atoms with van der Waals surface area (Å²) in [5.74, 6) is -1.29. The van der Waals surface area contributed by atoms with Crippen molar-refractivity contribution in [2.45, 2.75) is 0 Å². The lowest BCUT2D eigenvalue weighted by molar-refractivity contribution is 0.0696. The van der Waals surface area contributed by atoms with E-state index in [0.29, 0.717) is 17.0 Å². The Hall–Kier alpha value is -4.13. The molecule has 7 heteroatoms. The third-order valence-electron chi connectivity index (χ3n) is 4.16. The number of carboxylic acids is 1. The van der Waals surface area contributed by atoms with E-state index >= 15 is 0 Å². The highest BCUT2D eigenvalue weighted by molar-refractivity contribution is 5.96. The Morgan fingerprint density at radius 1 is 1.04 bits per heavy atom. The zero-order valence-corrected chi connectivity index (χ0v) is 14.6. The molecule has 0 spiro atoms. The number of nitrogens with one attached hydrogen (secondary N) is 1. The normalized spacial score (nSPS) is 11.1. The number of rotatable bonds is 5. The third-order valence-corrected chi connectivity index (χ3v) is 4.16. The highest BCUT2D eigenvalue weighted by Crippen LogP contribution is 2.18. The van der Waals surface area contributed by atoms with Crippen molar-refractivity contribution in [3.63, 3.8) is 0 Å². The summed E-state index contributed by atoms with van der Waals surface area (Å²) in [6, 6.07) is 19.1. The van der Waals surface area contributed by atoms with Gasteiger partial charge < -0.3 is 14.1 Å². The maximum atomic E-state index is 12.2. The van der Waals surface area contributed by atoms with Gasteiger partial charge in [-0.05, 0) is 42.5 Å². The number of hydrogen-bond acceptors (Lipinski definition) is 4. The molecule has 28 heavy (non-hydrogen) atoms. The number of para-hydroxylation sites is 1. The van der Waals surface area contributed by atoms with Crippen LogP contribution in [0.4, 0.5) is 0 Å². The predicted molar refractivity (Wildman–Crippen MR) is 104 cm³/mol. The molecule has 0 aliphatic carbocycles. The minimum absolute atomic E-state index is 0.169. The van der Waals surface area contributed by atoms with Crippen molar-refractivity contribution in [1.29, 1.82) is 0 Å². The Kier molecular flexibility index (Phi) is 4.47. The number of amides is 1. The average Bonchev–Trinajstić information content (AvgIpc) is 3.35. The summed E-state index contributed by atoms with van der Waals surface area (Å²) < 4.78 is 7.27. The molecule has 0 bridgehead atoms. The lowest BCUT2D eigenvalue weighted by Gasteiger charge is -2.07. The van der Waals surface area contributed by atoms with Crippen LogP contribution in [-0.2, 0) is 0 Å². The summed E-state index contributed by atoms with van der Waals surface area (Å²) in [7, 11) is 0. The van der Waals surface area contributed by atoms with Crippen LogP contribution in [0.2, 0.25) is 0 Å². The largest absolute Gasteiger partial charge is 0.478 e. The Labute approximate surface area is 159 Å². The second kappa shape index (κ2) is 7.24. The van der Waals surface area contributed by atoms with E-state index in [9.17, 15) is 9.59 Å². The van der Waals surface area contributed by atoms with Gasteiger partial charge in [0.25, 0.3) is 0 Å². The van der Waals surface area contributed by atoms with E-state index in [-0.39, 0.29) is 11.3 Å². The summed E-state index contributed by atoms with van der Waals surface area (Å²) in [4.78, 5) is 23.4. The van der Waals surface area contributed by atoms with Crippen molar-refractivity contribution in [2.24, 2.45) is 5.10 Å². The zero-order chi connectivity index (χ0) is 19.5. The standard InChI is InChI=1S/C21H15N3O4/c25-20(19-12-14-5-1-2-9-18(14)28-19)23-22-13-17-8-4-10-24(17)16-7-3-6-15(11-16)21(26)27/h1-13H,(H,23,25)(H,26,27)/b22-13+. The molecule has 4 aromatic rings. The number of benzene rings is 2. The lowest BCUT2D eigenvalue weighted by atomic mass is 10.2. The van der Waals surface area contributed by atoms with Gasteiger partial charge >= 0.3 is 11.9 Å². The van der Waals surface area contributed by atoms with Gasteiger partial charge in [0.1, 0.15) is 5.58 Å². The molecule has 0 radical (unpaired) electrons. The monoisotopic (exact) mass is 373 g/mol. The van der Waals surface area contributed by atoms with Crippen LogP contribution in [0.25, 0.3) is 16.7 Å². The van der Waals surface area contributed by atoms with E-state index in [1.54, 1.807) is 53.2 Å². The number of hydrazone groups is 1. The zero-order valence-electron chi connectivity index (χ0n) is 14.6. The number of carbonyl (C=O) groups is 2. The number of aromatic nitrogens is 1. The molecular weight excluding hydrogens is 358 g/mol. The fourth-order valence-corrected chi connectivity index (χ4v) is 2.83.